The molecule has 3 rings (SSSR count). The van der Waals surface area contributed by atoms with Gasteiger partial charge in [-0.25, -0.2) is 0 Å². The number of nitrogens with one attached hydrogen (secondary N) is 1. The maximum atomic E-state index is 6.10. The van der Waals surface area contributed by atoms with E-state index in [9.17, 15) is 0 Å². The van der Waals surface area contributed by atoms with Crippen LogP contribution in [-0.2, 0) is 0 Å². The van der Waals surface area contributed by atoms with Crippen molar-refractivity contribution in [3.63, 3.8) is 0 Å². The van der Waals surface area contributed by atoms with Crippen LogP contribution in [0.3, 0.4) is 0 Å². The van der Waals surface area contributed by atoms with Crippen LogP contribution in [-0.4, -0.2) is 42.2 Å². The zero-order valence-electron chi connectivity index (χ0n) is 11.8. The van der Waals surface area contributed by atoms with Crippen molar-refractivity contribution in [2.45, 2.75) is 88.0 Å². The van der Waals surface area contributed by atoms with Crippen LogP contribution in [0, 0.1) is 0 Å². The number of hydrogen-bond acceptors (Lipinski definition) is 3. The van der Waals surface area contributed by atoms with Crippen molar-refractivity contribution >= 4 is 0 Å². The lowest BCUT2D eigenvalue weighted by atomic mass is 9.81. The Hall–Kier alpha value is -0.120. The topological polar surface area (TPSA) is 41.3 Å². The van der Waals surface area contributed by atoms with E-state index in [-0.39, 0.29) is 0 Å². The first-order chi connectivity index (χ1) is 8.72. The predicted octanol–water partition coefficient (Wildman–Crippen LogP) is 1.86. The Kier molecular flexibility index (Phi) is 3.92. The van der Waals surface area contributed by atoms with Crippen molar-refractivity contribution < 1.29 is 0 Å². The maximum Gasteiger partial charge on any atom is 0.0110 e. The number of nitrogens with zero attached hydrogens (tertiary/aromatic N) is 1. The van der Waals surface area contributed by atoms with Crippen LogP contribution in [0.25, 0.3) is 0 Å². The first-order valence-corrected chi connectivity index (χ1v) is 7.96. The standard InChI is InChI=1S/C15H29N3/c1-18-14-6-3-7-15(18)10-13(9-14)17-12-5-2-4-11(16)8-12/h11-15,17H,2-10,16H2,1H3. The smallest absolute Gasteiger partial charge is 0.0110 e. The summed E-state index contributed by atoms with van der Waals surface area (Å²) in [7, 11) is 2.33. The second kappa shape index (κ2) is 5.48. The molecule has 3 N–H and O–H groups in total. The quantitative estimate of drug-likeness (QED) is 0.787. The molecule has 1 aliphatic carbocycles. The molecule has 0 spiro atoms. The van der Waals surface area contributed by atoms with Gasteiger partial charge in [-0.3, -0.25) is 0 Å². The van der Waals surface area contributed by atoms with Crippen molar-refractivity contribution in [1.82, 2.24) is 10.2 Å². The van der Waals surface area contributed by atoms with Gasteiger partial charge in [-0.2, -0.15) is 0 Å². The number of rotatable bonds is 2. The fourth-order valence-electron chi connectivity index (χ4n) is 4.46. The lowest BCUT2D eigenvalue weighted by molar-refractivity contribution is 0.0441. The molecule has 0 aromatic rings. The van der Waals surface area contributed by atoms with Crippen LogP contribution in [0.1, 0.15) is 57.8 Å². The Labute approximate surface area is 111 Å². The Morgan fingerprint density at radius 1 is 0.889 bits per heavy atom. The largest absolute Gasteiger partial charge is 0.328 e. The first-order valence-electron chi connectivity index (χ1n) is 7.96. The van der Waals surface area contributed by atoms with E-state index in [0.717, 1.165) is 18.1 Å². The summed E-state index contributed by atoms with van der Waals surface area (Å²) >= 11 is 0. The van der Waals surface area contributed by atoms with Crippen molar-refractivity contribution in [3.8, 4) is 0 Å². The third-order valence-electron chi connectivity index (χ3n) is 5.53. The molecule has 0 radical (unpaired) electrons. The highest BCUT2D eigenvalue weighted by molar-refractivity contribution is 4.95. The maximum absolute atomic E-state index is 6.10. The molecule has 3 nitrogen and oxygen atoms in total. The molecule has 1 saturated carbocycles. The third kappa shape index (κ3) is 2.73. The third-order valence-corrected chi connectivity index (χ3v) is 5.53. The fraction of sp³-hybridized carbons (Fsp3) is 1.00. The number of hydrogen-bond donors (Lipinski definition) is 2. The monoisotopic (exact) mass is 251 g/mol. The average Bonchev–Trinajstić information content (AvgIpc) is 2.30. The highest BCUT2D eigenvalue weighted by Crippen LogP contribution is 2.33. The highest BCUT2D eigenvalue weighted by Gasteiger charge is 2.36. The van der Waals surface area contributed by atoms with Gasteiger partial charge in [0.25, 0.3) is 0 Å². The minimum atomic E-state index is 0.446. The van der Waals surface area contributed by atoms with E-state index in [4.69, 9.17) is 5.73 Å². The second-order valence-electron chi connectivity index (χ2n) is 6.86. The van der Waals surface area contributed by atoms with Crippen LogP contribution in [0.5, 0.6) is 0 Å². The molecule has 3 heteroatoms. The number of nitrogens with two attached hydrogens (primary N) is 1. The Morgan fingerprint density at radius 2 is 1.56 bits per heavy atom. The van der Waals surface area contributed by atoms with Gasteiger partial charge in [-0.05, 0) is 52.0 Å². The van der Waals surface area contributed by atoms with Crippen LogP contribution in [0.2, 0.25) is 0 Å². The van der Waals surface area contributed by atoms with Gasteiger partial charge < -0.3 is 16.0 Å². The van der Waals surface area contributed by atoms with Gasteiger partial charge in [0.2, 0.25) is 0 Å². The van der Waals surface area contributed by atoms with Gasteiger partial charge in [0.15, 0.2) is 0 Å². The molecule has 104 valence electrons. The molecule has 0 amide bonds. The molecule has 0 aromatic heterocycles. The second-order valence-corrected chi connectivity index (χ2v) is 6.86. The van der Waals surface area contributed by atoms with Gasteiger partial charge in [0.1, 0.15) is 0 Å². The molecule has 2 bridgehead atoms. The summed E-state index contributed by atoms with van der Waals surface area (Å²) in [4.78, 5) is 2.65. The van der Waals surface area contributed by atoms with E-state index in [1.807, 2.05) is 0 Å². The average molecular weight is 251 g/mol. The summed E-state index contributed by atoms with van der Waals surface area (Å²) in [6.07, 6.45) is 12.1. The van der Waals surface area contributed by atoms with Crippen molar-refractivity contribution in [3.05, 3.63) is 0 Å². The SMILES string of the molecule is CN1C2CCCC1CC(NC1CCCC(N)C1)C2. The lowest BCUT2D eigenvalue weighted by Gasteiger charge is -2.48. The highest BCUT2D eigenvalue weighted by atomic mass is 15.2. The summed E-state index contributed by atoms with van der Waals surface area (Å²) < 4.78 is 0. The molecule has 2 saturated heterocycles. The normalized spacial score (nSPS) is 46.0. The molecule has 4 unspecified atom stereocenters. The van der Waals surface area contributed by atoms with E-state index in [1.165, 1.54) is 57.8 Å². The van der Waals surface area contributed by atoms with E-state index in [2.05, 4.69) is 17.3 Å². The molecule has 4 atom stereocenters. The molecular formula is C15H29N3. The molecular weight excluding hydrogens is 222 g/mol. The Bertz CT molecular complexity index is 267. The zero-order chi connectivity index (χ0) is 12.5. The summed E-state index contributed by atoms with van der Waals surface area (Å²) in [5, 5.41) is 3.93. The van der Waals surface area contributed by atoms with Gasteiger partial charge >= 0.3 is 0 Å². The van der Waals surface area contributed by atoms with Crippen molar-refractivity contribution in [2.24, 2.45) is 5.73 Å². The van der Waals surface area contributed by atoms with Crippen LogP contribution in [0.15, 0.2) is 0 Å². The first kappa shape index (κ1) is 12.9. The Morgan fingerprint density at radius 3 is 2.22 bits per heavy atom. The van der Waals surface area contributed by atoms with E-state index in [0.29, 0.717) is 12.1 Å². The molecule has 2 heterocycles. The summed E-state index contributed by atoms with van der Waals surface area (Å²) in [6, 6.07) is 3.58. The number of piperidine rings is 2. The lowest BCUT2D eigenvalue weighted by Crippen LogP contribution is -2.56. The summed E-state index contributed by atoms with van der Waals surface area (Å²) in [6.45, 7) is 0. The molecule has 2 aliphatic heterocycles. The van der Waals surface area contributed by atoms with Gasteiger partial charge in [0, 0.05) is 30.2 Å². The fourth-order valence-corrected chi connectivity index (χ4v) is 4.46. The Balaban J connectivity index is 1.54. The molecule has 3 fully saturated rings. The van der Waals surface area contributed by atoms with E-state index in [1.54, 1.807) is 0 Å². The minimum absolute atomic E-state index is 0.446. The van der Waals surface area contributed by atoms with Crippen molar-refractivity contribution in [1.29, 1.82) is 0 Å². The van der Waals surface area contributed by atoms with Gasteiger partial charge in [0.05, 0.1) is 0 Å². The van der Waals surface area contributed by atoms with Gasteiger partial charge in [-0.1, -0.05) is 12.8 Å². The minimum Gasteiger partial charge on any atom is -0.328 e. The molecule has 0 aromatic carbocycles. The van der Waals surface area contributed by atoms with Crippen molar-refractivity contribution in [2.75, 3.05) is 7.05 Å². The van der Waals surface area contributed by atoms with E-state index < -0.39 is 0 Å². The summed E-state index contributed by atoms with van der Waals surface area (Å²) in [5.74, 6) is 0. The molecule has 18 heavy (non-hydrogen) atoms. The molecule has 3 aliphatic rings. The van der Waals surface area contributed by atoms with Gasteiger partial charge in [-0.15, -0.1) is 0 Å². The van der Waals surface area contributed by atoms with E-state index >= 15 is 0 Å². The predicted molar refractivity (Wildman–Crippen MR) is 75.6 cm³/mol. The zero-order valence-corrected chi connectivity index (χ0v) is 11.8. The summed E-state index contributed by atoms with van der Waals surface area (Å²) in [5.41, 5.74) is 6.10. The van der Waals surface area contributed by atoms with Crippen LogP contribution >= 0.6 is 0 Å². The van der Waals surface area contributed by atoms with Crippen LogP contribution in [0.4, 0.5) is 0 Å². The van der Waals surface area contributed by atoms with Crippen LogP contribution < -0.4 is 11.1 Å². The number of fused-ring (bicyclic) bond motifs is 2.